The van der Waals surface area contributed by atoms with Crippen LogP contribution in [0.1, 0.15) is 25.7 Å². The monoisotopic (exact) mass is 157 g/mol. The molecule has 0 aromatic carbocycles. The Hall–Kier alpha value is 0.310. The van der Waals surface area contributed by atoms with Gasteiger partial charge in [-0.05, 0) is 31.6 Å². The normalized spacial score (nSPS) is 40.8. The van der Waals surface area contributed by atoms with E-state index < -0.39 is 0 Å². The van der Waals surface area contributed by atoms with Crippen LogP contribution in [0, 0.1) is 0 Å². The third kappa shape index (κ3) is 1.19. The van der Waals surface area contributed by atoms with Crippen LogP contribution >= 0.6 is 11.8 Å². The molecule has 0 aromatic rings. The third-order valence-corrected chi connectivity index (χ3v) is 4.22. The molecule has 2 saturated heterocycles. The maximum Gasteiger partial charge on any atom is 0.0292 e. The van der Waals surface area contributed by atoms with E-state index in [0.717, 1.165) is 0 Å². The summed E-state index contributed by atoms with van der Waals surface area (Å²) in [4.78, 5) is 0. The zero-order valence-corrected chi connectivity index (χ0v) is 7.17. The van der Waals surface area contributed by atoms with E-state index in [0.29, 0.717) is 4.75 Å². The highest BCUT2D eigenvalue weighted by molar-refractivity contribution is 8.02. The van der Waals surface area contributed by atoms with Crippen LogP contribution in [0.15, 0.2) is 0 Å². The molecule has 2 aliphatic heterocycles. The molecule has 2 heterocycles. The Kier molecular flexibility index (Phi) is 1.92. The fourth-order valence-corrected chi connectivity index (χ4v) is 3.10. The SMILES string of the molecule is C1CCC2(CCS2)CNC1. The van der Waals surface area contributed by atoms with Crippen molar-refractivity contribution in [2.45, 2.75) is 30.4 Å². The molecule has 2 fully saturated rings. The molecule has 2 aliphatic rings. The number of nitrogens with one attached hydrogen (secondary N) is 1. The number of thioether (sulfide) groups is 1. The molecule has 1 nitrogen and oxygen atoms in total. The minimum atomic E-state index is 0.691. The van der Waals surface area contributed by atoms with Crippen LogP contribution in [0.2, 0.25) is 0 Å². The van der Waals surface area contributed by atoms with Gasteiger partial charge in [0.25, 0.3) is 0 Å². The standard InChI is InChI=1S/C8H15NS/c1-2-5-9-7-8(3-1)4-6-10-8/h9H,1-7H2. The van der Waals surface area contributed by atoms with Crippen molar-refractivity contribution in [3.8, 4) is 0 Å². The molecule has 0 radical (unpaired) electrons. The predicted molar refractivity (Wildman–Crippen MR) is 46.5 cm³/mol. The molecule has 2 rings (SSSR count). The summed E-state index contributed by atoms with van der Waals surface area (Å²) in [5.74, 6) is 1.40. The molecule has 0 aliphatic carbocycles. The lowest BCUT2D eigenvalue weighted by atomic mass is 9.98. The van der Waals surface area contributed by atoms with E-state index in [9.17, 15) is 0 Å². The summed E-state index contributed by atoms with van der Waals surface area (Å²) in [6.07, 6.45) is 5.76. The Bertz CT molecular complexity index is 110. The fourth-order valence-electron chi connectivity index (χ4n) is 1.83. The lowest BCUT2D eigenvalue weighted by molar-refractivity contribution is 0.490. The number of hydrogen-bond acceptors (Lipinski definition) is 2. The summed E-state index contributed by atoms with van der Waals surface area (Å²) >= 11 is 2.18. The van der Waals surface area contributed by atoms with E-state index in [4.69, 9.17) is 0 Å². The first-order chi connectivity index (χ1) is 4.91. The zero-order chi connectivity index (χ0) is 6.86. The highest BCUT2D eigenvalue weighted by Gasteiger charge is 2.37. The van der Waals surface area contributed by atoms with E-state index in [1.807, 2.05) is 0 Å². The molecule has 1 atom stereocenters. The second-order valence-electron chi connectivity index (χ2n) is 3.42. The van der Waals surface area contributed by atoms with Crippen LogP contribution < -0.4 is 5.32 Å². The first-order valence-corrected chi connectivity index (χ1v) is 5.25. The van der Waals surface area contributed by atoms with Crippen molar-refractivity contribution in [2.24, 2.45) is 0 Å². The highest BCUT2D eigenvalue weighted by atomic mass is 32.2. The van der Waals surface area contributed by atoms with Gasteiger partial charge in [-0.3, -0.25) is 0 Å². The number of rotatable bonds is 0. The lowest BCUT2D eigenvalue weighted by Gasteiger charge is -2.40. The molecule has 0 saturated carbocycles. The maximum atomic E-state index is 3.52. The maximum absolute atomic E-state index is 3.52. The smallest absolute Gasteiger partial charge is 0.0292 e. The van der Waals surface area contributed by atoms with Crippen LogP contribution in [0.25, 0.3) is 0 Å². The summed E-state index contributed by atoms with van der Waals surface area (Å²) in [5.41, 5.74) is 0. The fraction of sp³-hybridized carbons (Fsp3) is 1.00. The molecular weight excluding hydrogens is 142 g/mol. The van der Waals surface area contributed by atoms with Crippen molar-refractivity contribution in [1.82, 2.24) is 5.32 Å². The summed E-state index contributed by atoms with van der Waals surface area (Å²) in [5, 5.41) is 3.52. The first kappa shape index (κ1) is 6.99. The lowest BCUT2D eigenvalue weighted by Crippen LogP contribution is -2.42. The van der Waals surface area contributed by atoms with Gasteiger partial charge >= 0.3 is 0 Å². The summed E-state index contributed by atoms with van der Waals surface area (Å²) in [7, 11) is 0. The molecule has 1 unspecified atom stereocenters. The van der Waals surface area contributed by atoms with Crippen LogP contribution in [0.4, 0.5) is 0 Å². The molecule has 2 heteroatoms. The Morgan fingerprint density at radius 1 is 1.20 bits per heavy atom. The van der Waals surface area contributed by atoms with Gasteiger partial charge in [-0.1, -0.05) is 6.42 Å². The van der Waals surface area contributed by atoms with E-state index >= 15 is 0 Å². The summed E-state index contributed by atoms with van der Waals surface area (Å²) < 4.78 is 0.691. The Labute approximate surface area is 67.0 Å². The van der Waals surface area contributed by atoms with Crippen molar-refractivity contribution < 1.29 is 0 Å². The van der Waals surface area contributed by atoms with Gasteiger partial charge in [-0.15, -0.1) is 0 Å². The molecule has 0 amide bonds. The first-order valence-electron chi connectivity index (χ1n) is 4.26. The van der Waals surface area contributed by atoms with Gasteiger partial charge in [0.05, 0.1) is 0 Å². The highest BCUT2D eigenvalue weighted by Crippen LogP contribution is 2.44. The van der Waals surface area contributed by atoms with E-state index in [1.54, 1.807) is 0 Å². The minimum Gasteiger partial charge on any atom is -0.315 e. The Morgan fingerprint density at radius 2 is 2.10 bits per heavy atom. The van der Waals surface area contributed by atoms with Crippen LogP contribution in [-0.4, -0.2) is 23.6 Å². The molecule has 10 heavy (non-hydrogen) atoms. The topological polar surface area (TPSA) is 12.0 Å². The van der Waals surface area contributed by atoms with E-state index in [-0.39, 0.29) is 0 Å². The van der Waals surface area contributed by atoms with E-state index in [1.165, 1.54) is 44.5 Å². The molecule has 1 spiro atoms. The predicted octanol–water partition coefficient (Wildman–Crippen LogP) is 1.64. The zero-order valence-electron chi connectivity index (χ0n) is 6.36. The van der Waals surface area contributed by atoms with Crippen LogP contribution in [0.3, 0.4) is 0 Å². The largest absolute Gasteiger partial charge is 0.315 e. The van der Waals surface area contributed by atoms with Gasteiger partial charge in [0.2, 0.25) is 0 Å². The molecule has 0 aromatic heterocycles. The van der Waals surface area contributed by atoms with Crippen LogP contribution in [-0.2, 0) is 0 Å². The molecular formula is C8H15NS. The number of hydrogen-bond donors (Lipinski definition) is 1. The van der Waals surface area contributed by atoms with Gasteiger partial charge in [0.1, 0.15) is 0 Å². The summed E-state index contributed by atoms with van der Waals surface area (Å²) in [6.45, 7) is 2.53. The third-order valence-electron chi connectivity index (χ3n) is 2.65. The molecule has 1 N–H and O–H groups in total. The molecule has 58 valence electrons. The van der Waals surface area contributed by atoms with Crippen molar-refractivity contribution >= 4 is 11.8 Å². The van der Waals surface area contributed by atoms with E-state index in [2.05, 4.69) is 17.1 Å². The average molecular weight is 157 g/mol. The quantitative estimate of drug-likeness (QED) is 0.573. The Morgan fingerprint density at radius 3 is 2.80 bits per heavy atom. The van der Waals surface area contributed by atoms with Crippen molar-refractivity contribution in [3.63, 3.8) is 0 Å². The summed E-state index contributed by atoms with van der Waals surface area (Å²) in [6, 6.07) is 0. The average Bonchev–Trinajstić information content (AvgIpc) is 2.08. The van der Waals surface area contributed by atoms with Gasteiger partial charge in [-0.2, -0.15) is 11.8 Å². The Balaban J connectivity index is 1.92. The van der Waals surface area contributed by atoms with Gasteiger partial charge < -0.3 is 5.32 Å². The second kappa shape index (κ2) is 2.74. The van der Waals surface area contributed by atoms with Gasteiger partial charge in [0, 0.05) is 11.3 Å². The van der Waals surface area contributed by atoms with Crippen molar-refractivity contribution in [3.05, 3.63) is 0 Å². The second-order valence-corrected chi connectivity index (χ2v) is 4.98. The van der Waals surface area contributed by atoms with Crippen molar-refractivity contribution in [1.29, 1.82) is 0 Å². The molecule has 0 bridgehead atoms. The van der Waals surface area contributed by atoms with Crippen molar-refractivity contribution in [2.75, 3.05) is 18.8 Å². The van der Waals surface area contributed by atoms with Crippen LogP contribution in [0.5, 0.6) is 0 Å². The van der Waals surface area contributed by atoms with Gasteiger partial charge in [-0.25, -0.2) is 0 Å². The van der Waals surface area contributed by atoms with Gasteiger partial charge in [0.15, 0.2) is 0 Å². The minimum absolute atomic E-state index is 0.691.